The Kier molecular flexibility index (Phi) is 5.04. The van der Waals surface area contributed by atoms with E-state index in [1.54, 1.807) is 0 Å². The summed E-state index contributed by atoms with van der Waals surface area (Å²) in [5.41, 5.74) is 14.9. The molecule has 1 amide bonds. The highest BCUT2D eigenvalue weighted by Gasteiger charge is 2.23. The lowest BCUT2D eigenvalue weighted by Crippen LogP contribution is -2.14. The Labute approximate surface area is 187 Å². The lowest BCUT2D eigenvalue weighted by atomic mass is 10.0. The number of carbonyl (C=O) groups is 1. The molecular weight excluding hydrogens is 394 g/mol. The monoisotopic (exact) mass is 417 g/mol. The van der Waals surface area contributed by atoms with Crippen molar-refractivity contribution in [2.45, 2.75) is 13.3 Å². The molecule has 32 heavy (non-hydrogen) atoms. The molecule has 0 saturated carbocycles. The lowest BCUT2D eigenvalue weighted by molar-refractivity contribution is 0.102. The van der Waals surface area contributed by atoms with Gasteiger partial charge in [0.2, 0.25) is 0 Å². The maximum Gasteiger partial charge on any atom is 0.255 e. The molecule has 0 radical (unpaired) electrons. The second-order valence-corrected chi connectivity index (χ2v) is 8.04. The highest BCUT2D eigenvalue weighted by molar-refractivity contribution is 6.07. The number of rotatable bonds is 4. The fraction of sp³-hybridized carbons (Fsp3) is 0.0714. The number of aryl methyl sites for hydroxylation is 1. The molecule has 4 heteroatoms. The SMILES string of the molecule is Cc1cccc(C(N)=Nc2cccc(NC(=O)c3cccc4c3Cc3ccccc3-4)c2)c1. The van der Waals surface area contributed by atoms with Crippen LogP contribution in [0.5, 0.6) is 0 Å². The molecule has 4 nitrogen and oxygen atoms in total. The standard InChI is InChI=1S/C28H23N3O/c1-18-7-4-9-20(15-18)27(29)30-21-10-5-11-22(17-21)31-28(32)25-14-6-13-24-23-12-3-2-8-19(23)16-26(24)25/h2-15,17H,16H2,1H3,(H2,29,30)(H,31,32). The van der Waals surface area contributed by atoms with E-state index in [2.05, 4.69) is 28.5 Å². The van der Waals surface area contributed by atoms with Gasteiger partial charge < -0.3 is 11.1 Å². The minimum atomic E-state index is -0.123. The zero-order chi connectivity index (χ0) is 22.1. The van der Waals surface area contributed by atoms with E-state index in [4.69, 9.17) is 5.73 Å². The average Bonchev–Trinajstić information content (AvgIpc) is 3.18. The molecule has 3 N–H and O–H groups in total. The molecule has 1 aliphatic rings. The van der Waals surface area contributed by atoms with Crippen LogP contribution in [0, 0.1) is 6.92 Å². The van der Waals surface area contributed by atoms with E-state index in [0.29, 0.717) is 22.8 Å². The topological polar surface area (TPSA) is 67.5 Å². The van der Waals surface area contributed by atoms with Crippen molar-refractivity contribution in [2.24, 2.45) is 10.7 Å². The van der Waals surface area contributed by atoms with E-state index in [1.807, 2.05) is 79.7 Å². The molecule has 0 aliphatic heterocycles. The first kappa shape index (κ1) is 19.8. The summed E-state index contributed by atoms with van der Waals surface area (Å²) in [5, 5.41) is 3.03. The quantitative estimate of drug-likeness (QED) is 0.284. The number of nitrogens with zero attached hydrogens (tertiary/aromatic N) is 1. The van der Waals surface area contributed by atoms with Crippen molar-refractivity contribution in [3.8, 4) is 11.1 Å². The van der Waals surface area contributed by atoms with Gasteiger partial charge in [-0.25, -0.2) is 4.99 Å². The summed E-state index contributed by atoms with van der Waals surface area (Å²) < 4.78 is 0. The van der Waals surface area contributed by atoms with Crippen molar-refractivity contribution in [3.63, 3.8) is 0 Å². The van der Waals surface area contributed by atoms with Crippen LogP contribution in [0.3, 0.4) is 0 Å². The molecule has 5 rings (SSSR count). The predicted molar refractivity (Wildman–Crippen MR) is 131 cm³/mol. The van der Waals surface area contributed by atoms with Crippen LogP contribution in [0.1, 0.15) is 32.6 Å². The maximum atomic E-state index is 13.1. The van der Waals surface area contributed by atoms with Crippen molar-refractivity contribution in [2.75, 3.05) is 5.32 Å². The Hall–Kier alpha value is -4.18. The van der Waals surface area contributed by atoms with Crippen molar-refractivity contribution < 1.29 is 4.79 Å². The normalized spacial score (nSPS) is 12.2. The molecule has 156 valence electrons. The number of aliphatic imine (C=N–C) groups is 1. The van der Waals surface area contributed by atoms with Crippen LogP contribution in [0.4, 0.5) is 11.4 Å². The Balaban J connectivity index is 1.39. The van der Waals surface area contributed by atoms with E-state index < -0.39 is 0 Å². The van der Waals surface area contributed by atoms with Gasteiger partial charge in [0, 0.05) is 16.8 Å². The molecule has 1 aliphatic carbocycles. The summed E-state index contributed by atoms with van der Waals surface area (Å²) in [5.74, 6) is 0.318. The fourth-order valence-electron chi connectivity index (χ4n) is 4.23. The van der Waals surface area contributed by atoms with E-state index >= 15 is 0 Å². The molecule has 0 fully saturated rings. The fourth-order valence-corrected chi connectivity index (χ4v) is 4.23. The van der Waals surface area contributed by atoms with Crippen molar-refractivity contribution in [1.82, 2.24) is 0 Å². The molecule has 0 bridgehead atoms. The van der Waals surface area contributed by atoms with Crippen LogP contribution >= 0.6 is 0 Å². The number of fused-ring (bicyclic) bond motifs is 3. The molecular formula is C28H23N3O. The zero-order valence-corrected chi connectivity index (χ0v) is 17.8. The molecule has 0 saturated heterocycles. The number of benzene rings is 4. The van der Waals surface area contributed by atoms with E-state index in [9.17, 15) is 4.79 Å². The van der Waals surface area contributed by atoms with Crippen molar-refractivity contribution in [1.29, 1.82) is 0 Å². The highest BCUT2D eigenvalue weighted by Crippen LogP contribution is 2.38. The van der Waals surface area contributed by atoms with Crippen LogP contribution < -0.4 is 11.1 Å². The number of nitrogens with two attached hydrogens (primary N) is 1. The van der Waals surface area contributed by atoms with Gasteiger partial charge in [-0.2, -0.15) is 0 Å². The lowest BCUT2D eigenvalue weighted by Gasteiger charge is -2.10. The van der Waals surface area contributed by atoms with Crippen molar-refractivity contribution >= 4 is 23.1 Å². The Morgan fingerprint density at radius 1 is 0.875 bits per heavy atom. The summed E-state index contributed by atoms with van der Waals surface area (Å²) in [6.07, 6.45) is 0.770. The summed E-state index contributed by atoms with van der Waals surface area (Å²) in [6.45, 7) is 2.02. The summed E-state index contributed by atoms with van der Waals surface area (Å²) >= 11 is 0. The van der Waals surface area contributed by atoms with Crippen LogP contribution in [0.2, 0.25) is 0 Å². The Bertz CT molecular complexity index is 1370. The third kappa shape index (κ3) is 3.79. The first-order valence-electron chi connectivity index (χ1n) is 10.6. The van der Waals surface area contributed by atoms with E-state index in [1.165, 1.54) is 11.1 Å². The number of amides is 1. The highest BCUT2D eigenvalue weighted by atomic mass is 16.1. The minimum Gasteiger partial charge on any atom is -0.383 e. The Morgan fingerprint density at radius 3 is 2.53 bits per heavy atom. The molecule has 4 aromatic rings. The number of nitrogens with one attached hydrogen (secondary N) is 1. The van der Waals surface area contributed by atoms with E-state index in [-0.39, 0.29) is 5.91 Å². The first-order valence-corrected chi connectivity index (χ1v) is 10.6. The molecule has 0 heterocycles. The van der Waals surface area contributed by atoms with Gasteiger partial charge in [0.15, 0.2) is 0 Å². The van der Waals surface area contributed by atoms with Crippen LogP contribution in [0.15, 0.2) is 96.0 Å². The van der Waals surface area contributed by atoms with Gasteiger partial charge in [0.1, 0.15) is 5.84 Å². The van der Waals surface area contributed by atoms with Gasteiger partial charge in [-0.15, -0.1) is 0 Å². The molecule has 4 aromatic carbocycles. The smallest absolute Gasteiger partial charge is 0.255 e. The number of hydrogen-bond acceptors (Lipinski definition) is 2. The maximum absolute atomic E-state index is 13.1. The van der Waals surface area contributed by atoms with Gasteiger partial charge >= 0.3 is 0 Å². The van der Waals surface area contributed by atoms with Gasteiger partial charge in [0.05, 0.1) is 5.69 Å². The second kappa shape index (κ2) is 8.16. The van der Waals surface area contributed by atoms with Gasteiger partial charge in [-0.3, -0.25) is 4.79 Å². The third-order valence-electron chi connectivity index (χ3n) is 5.76. The van der Waals surface area contributed by atoms with Crippen LogP contribution in [0.25, 0.3) is 11.1 Å². The second-order valence-electron chi connectivity index (χ2n) is 8.04. The van der Waals surface area contributed by atoms with Gasteiger partial charge in [0.25, 0.3) is 5.91 Å². The number of amidine groups is 1. The van der Waals surface area contributed by atoms with Crippen LogP contribution in [-0.2, 0) is 6.42 Å². The number of carbonyl (C=O) groups excluding carboxylic acids is 1. The Morgan fingerprint density at radius 2 is 1.66 bits per heavy atom. The van der Waals surface area contributed by atoms with Crippen molar-refractivity contribution in [3.05, 3.63) is 119 Å². The minimum absolute atomic E-state index is 0.123. The number of hydrogen-bond donors (Lipinski definition) is 2. The van der Waals surface area contributed by atoms with Gasteiger partial charge in [-0.1, -0.05) is 66.2 Å². The summed E-state index contributed by atoms with van der Waals surface area (Å²) in [4.78, 5) is 17.7. The molecule has 0 aromatic heterocycles. The summed E-state index contributed by atoms with van der Waals surface area (Å²) in [7, 11) is 0. The third-order valence-corrected chi connectivity index (χ3v) is 5.76. The van der Waals surface area contributed by atoms with E-state index in [0.717, 1.165) is 28.7 Å². The molecule has 0 atom stereocenters. The molecule has 0 unspecified atom stereocenters. The van der Waals surface area contributed by atoms with Crippen LogP contribution in [-0.4, -0.2) is 11.7 Å². The summed E-state index contributed by atoms with van der Waals surface area (Å²) in [6, 6.07) is 29.6. The zero-order valence-electron chi connectivity index (χ0n) is 17.8. The average molecular weight is 418 g/mol. The largest absolute Gasteiger partial charge is 0.383 e. The number of anilines is 1. The molecule has 0 spiro atoms. The predicted octanol–water partition coefficient (Wildman–Crippen LogP) is 5.86. The van der Waals surface area contributed by atoms with Gasteiger partial charge in [-0.05, 0) is 65.9 Å². The first-order chi connectivity index (χ1) is 15.6.